The summed E-state index contributed by atoms with van der Waals surface area (Å²) >= 11 is 0. The van der Waals surface area contributed by atoms with Gasteiger partial charge in [0.05, 0.1) is 21.3 Å². The fourth-order valence-electron chi connectivity index (χ4n) is 6.51. The van der Waals surface area contributed by atoms with Crippen LogP contribution in [0.5, 0.6) is 17.2 Å². The topological polar surface area (TPSA) is 43.0 Å². The van der Waals surface area contributed by atoms with Gasteiger partial charge in [0.2, 0.25) is 0 Å². The molecule has 0 aliphatic carbocycles. The normalized spacial score (nSPS) is 26.7. The molecule has 3 aliphatic rings. The van der Waals surface area contributed by atoms with Gasteiger partial charge in [0.15, 0.2) is 11.5 Å². The fraction of sp³-hybridized carbons (Fsp3) is 0.571. The number of fused-ring (bicyclic) bond motifs is 4. The first-order valence-electron chi connectivity index (χ1n) is 12.5. The van der Waals surface area contributed by atoms with Crippen LogP contribution in [-0.2, 0) is 12.8 Å². The van der Waals surface area contributed by atoms with Gasteiger partial charge in [0.25, 0.3) is 0 Å². The minimum absolute atomic E-state index is 0.405. The van der Waals surface area contributed by atoms with Crippen molar-refractivity contribution in [2.75, 3.05) is 41.0 Å². The number of nitrogens with zero attached hydrogens (tertiary/aromatic N) is 1. The van der Waals surface area contributed by atoms with Crippen molar-refractivity contribution in [2.45, 2.75) is 51.1 Å². The Labute approximate surface area is 198 Å². The maximum absolute atomic E-state index is 5.67. The minimum Gasteiger partial charge on any atom is -0.497 e. The Bertz CT molecular complexity index is 991. The van der Waals surface area contributed by atoms with Crippen molar-refractivity contribution in [2.24, 2.45) is 11.8 Å². The molecule has 4 atom stereocenters. The molecule has 0 bridgehead atoms. The molecule has 5 rings (SSSR count). The number of hydrogen-bond acceptors (Lipinski definition) is 5. The lowest BCUT2D eigenvalue weighted by Gasteiger charge is -2.48. The smallest absolute Gasteiger partial charge is 0.161 e. The summed E-state index contributed by atoms with van der Waals surface area (Å²) in [4.78, 5) is 2.73. The first-order chi connectivity index (χ1) is 16.1. The van der Waals surface area contributed by atoms with Crippen LogP contribution in [0, 0.1) is 11.8 Å². The molecule has 0 radical (unpaired) electrons. The third-order valence-corrected chi connectivity index (χ3v) is 8.35. The molecule has 0 spiro atoms. The Kier molecular flexibility index (Phi) is 6.53. The molecule has 2 aromatic carbocycles. The van der Waals surface area contributed by atoms with Crippen LogP contribution in [0.3, 0.4) is 0 Å². The SMILES string of the molecule is CCC1CN2CCc3cc(OC)c(OC)cc3C2CC1CC1NCCc2ccc(OC)cc21. The van der Waals surface area contributed by atoms with Gasteiger partial charge >= 0.3 is 0 Å². The van der Waals surface area contributed by atoms with Crippen LogP contribution in [0.15, 0.2) is 30.3 Å². The van der Waals surface area contributed by atoms with E-state index in [0.29, 0.717) is 18.0 Å². The maximum Gasteiger partial charge on any atom is 0.161 e. The predicted octanol–water partition coefficient (Wildman–Crippen LogP) is 4.93. The van der Waals surface area contributed by atoms with Gasteiger partial charge in [0.1, 0.15) is 5.75 Å². The Morgan fingerprint density at radius 3 is 2.48 bits per heavy atom. The molecule has 1 N–H and O–H groups in total. The summed E-state index contributed by atoms with van der Waals surface area (Å²) in [5.74, 6) is 4.08. The number of rotatable bonds is 6. The Morgan fingerprint density at radius 2 is 1.73 bits per heavy atom. The lowest BCUT2D eigenvalue weighted by Crippen LogP contribution is -2.46. The van der Waals surface area contributed by atoms with Crippen LogP contribution in [0.25, 0.3) is 0 Å². The van der Waals surface area contributed by atoms with Crippen LogP contribution < -0.4 is 19.5 Å². The van der Waals surface area contributed by atoms with Gasteiger partial charge in [-0.1, -0.05) is 19.4 Å². The quantitative estimate of drug-likeness (QED) is 0.676. The summed E-state index contributed by atoms with van der Waals surface area (Å²) in [7, 11) is 5.23. The molecule has 2 aromatic rings. The van der Waals surface area contributed by atoms with E-state index in [9.17, 15) is 0 Å². The number of hydrogen-bond donors (Lipinski definition) is 1. The molecule has 5 nitrogen and oxygen atoms in total. The average Bonchev–Trinajstić information content (AvgIpc) is 2.87. The summed E-state index contributed by atoms with van der Waals surface area (Å²) < 4.78 is 16.8. The largest absolute Gasteiger partial charge is 0.497 e. The molecule has 33 heavy (non-hydrogen) atoms. The van der Waals surface area contributed by atoms with Crippen LogP contribution in [-0.4, -0.2) is 45.9 Å². The maximum atomic E-state index is 5.67. The summed E-state index contributed by atoms with van der Waals surface area (Å²) in [6.45, 7) is 5.76. The van der Waals surface area contributed by atoms with E-state index < -0.39 is 0 Å². The molecule has 0 aromatic heterocycles. The fourth-order valence-corrected chi connectivity index (χ4v) is 6.51. The minimum atomic E-state index is 0.405. The highest BCUT2D eigenvalue weighted by molar-refractivity contribution is 5.49. The van der Waals surface area contributed by atoms with E-state index in [1.807, 2.05) is 0 Å². The van der Waals surface area contributed by atoms with Crippen molar-refractivity contribution in [3.63, 3.8) is 0 Å². The zero-order valence-corrected chi connectivity index (χ0v) is 20.5. The van der Waals surface area contributed by atoms with Crippen molar-refractivity contribution >= 4 is 0 Å². The van der Waals surface area contributed by atoms with Gasteiger partial charge in [-0.3, -0.25) is 4.90 Å². The van der Waals surface area contributed by atoms with Crippen molar-refractivity contribution in [1.82, 2.24) is 10.2 Å². The van der Waals surface area contributed by atoms with Crippen molar-refractivity contribution in [3.8, 4) is 17.2 Å². The zero-order chi connectivity index (χ0) is 22.9. The number of methoxy groups -OCH3 is 3. The monoisotopic (exact) mass is 450 g/mol. The summed E-state index contributed by atoms with van der Waals surface area (Å²) in [5.41, 5.74) is 5.78. The number of piperidine rings is 1. The second-order valence-corrected chi connectivity index (χ2v) is 9.89. The molecule has 4 unspecified atom stereocenters. The molecule has 3 aliphatic heterocycles. The van der Waals surface area contributed by atoms with E-state index in [0.717, 1.165) is 49.1 Å². The van der Waals surface area contributed by atoms with Gasteiger partial charge < -0.3 is 19.5 Å². The molecule has 1 saturated heterocycles. The van der Waals surface area contributed by atoms with E-state index >= 15 is 0 Å². The Morgan fingerprint density at radius 1 is 0.909 bits per heavy atom. The van der Waals surface area contributed by atoms with Crippen molar-refractivity contribution < 1.29 is 14.2 Å². The van der Waals surface area contributed by atoms with E-state index in [-0.39, 0.29) is 0 Å². The zero-order valence-electron chi connectivity index (χ0n) is 20.5. The van der Waals surface area contributed by atoms with Crippen LogP contribution in [0.1, 0.15) is 60.5 Å². The second kappa shape index (κ2) is 9.55. The van der Waals surface area contributed by atoms with Crippen LogP contribution in [0.4, 0.5) is 0 Å². The Hall–Kier alpha value is -2.24. The molecule has 0 amide bonds. The number of nitrogens with one attached hydrogen (secondary N) is 1. The molecule has 178 valence electrons. The van der Waals surface area contributed by atoms with Gasteiger partial charge in [0, 0.05) is 25.2 Å². The van der Waals surface area contributed by atoms with E-state index in [1.165, 1.54) is 48.1 Å². The molecular formula is C28H38N2O3. The summed E-state index contributed by atoms with van der Waals surface area (Å²) in [6.07, 6.45) is 5.82. The second-order valence-electron chi connectivity index (χ2n) is 9.89. The molecule has 0 saturated carbocycles. The van der Waals surface area contributed by atoms with Crippen molar-refractivity contribution in [3.05, 3.63) is 52.6 Å². The lowest BCUT2D eigenvalue weighted by molar-refractivity contribution is 0.0435. The summed E-state index contributed by atoms with van der Waals surface area (Å²) in [5, 5.41) is 3.84. The van der Waals surface area contributed by atoms with Gasteiger partial charge in [-0.15, -0.1) is 0 Å². The number of benzene rings is 2. The van der Waals surface area contributed by atoms with Crippen LogP contribution in [0.2, 0.25) is 0 Å². The highest BCUT2D eigenvalue weighted by Crippen LogP contribution is 2.47. The first-order valence-corrected chi connectivity index (χ1v) is 12.5. The standard InChI is InChI=1S/C28H38N2O3/c1-5-18-17-30-11-9-20-14-27(32-3)28(33-4)16-24(20)26(30)13-21(18)12-25-23-15-22(31-2)7-6-19(23)8-10-29-25/h6-7,14-16,18,21,25-26,29H,5,8-13,17H2,1-4H3. The van der Waals surface area contributed by atoms with Gasteiger partial charge in [-0.25, -0.2) is 0 Å². The lowest BCUT2D eigenvalue weighted by atomic mass is 9.72. The van der Waals surface area contributed by atoms with Gasteiger partial charge in [-0.2, -0.15) is 0 Å². The highest BCUT2D eigenvalue weighted by atomic mass is 16.5. The highest BCUT2D eigenvalue weighted by Gasteiger charge is 2.40. The van der Waals surface area contributed by atoms with E-state index in [1.54, 1.807) is 21.3 Å². The van der Waals surface area contributed by atoms with Crippen LogP contribution >= 0.6 is 0 Å². The molecule has 3 heterocycles. The number of ether oxygens (including phenoxy) is 3. The van der Waals surface area contributed by atoms with Crippen molar-refractivity contribution in [1.29, 1.82) is 0 Å². The van der Waals surface area contributed by atoms with E-state index in [4.69, 9.17) is 14.2 Å². The molecular weight excluding hydrogens is 412 g/mol. The Balaban J connectivity index is 1.42. The van der Waals surface area contributed by atoms with E-state index in [2.05, 4.69) is 47.5 Å². The first kappa shape index (κ1) is 22.5. The average molecular weight is 451 g/mol. The molecule has 1 fully saturated rings. The molecule has 5 heteroatoms. The third-order valence-electron chi connectivity index (χ3n) is 8.35. The predicted molar refractivity (Wildman–Crippen MR) is 132 cm³/mol. The third kappa shape index (κ3) is 4.22. The summed E-state index contributed by atoms with van der Waals surface area (Å²) in [6, 6.07) is 12.0. The van der Waals surface area contributed by atoms with Gasteiger partial charge in [-0.05, 0) is 90.6 Å².